The lowest BCUT2D eigenvalue weighted by Gasteiger charge is -2.31. The number of nitrogens with one attached hydrogen (secondary N) is 1. The summed E-state index contributed by atoms with van der Waals surface area (Å²) < 4.78 is 43.2. The maximum absolute atomic E-state index is 13.5. The summed E-state index contributed by atoms with van der Waals surface area (Å²) in [6.45, 7) is 7.05. The van der Waals surface area contributed by atoms with Crippen LogP contribution in [0.3, 0.4) is 0 Å². The van der Waals surface area contributed by atoms with Gasteiger partial charge in [-0.3, -0.25) is 0 Å². The summed E-state index contributed by atoms with van der Waals surface area (Å²) in [7, 11) is -3.29. The Morgan fingerprint density at radius 3 is 2.81 bits per heavy atom. The molecule has 21 heavy (non-hydrogen) atoms. The first-order chi connectivity index (χ1) is 9.75. The molecule has 0 amide bonds. The molecule has 1 heterocycles. The second-order valence-corrected chi connectivity index (χ2v) is 7.99. The van der Waals surface area contributed by atoms with E-state index in [1.807, 2.05) is 20.8 Å². The summed E-state index contributed by atoms with van der Waals surface area (Å²) in [5.74, 6) is -0.333. The minimum atomic E-state index is -3.29. The molecule has 1 atom stereocenters. The molecule has 1 N–H and O–H groups in total. The molecular weight excluding hydrogens is 293 g/mol. The molecule has 0 aliphatic carbocycles. The third-order valence-electron chi connectivity index (χ3n) is 3.67. The SMILES string of the molecule is CCOC(C)(C)CNC1CCS(=O)(=O)c2ccc(F)cc21. The largest absolute Gasteiger partial charge is 0.375 e. The van der Waals surface area contributed by atoms with Gasteiger partial charge in [0, 0.05) is 19.2 Å². The van der Waals surface area contributed by atoms with Gasteiger partial charge in [0.1, 0.15) is 5.82 Å². The Bertz CT molecular complexity index is 613. The molecule has 0 spiro atoms. The van der Waals surface area contributed by atoms with Gasteiger partial charge in [-0.05, 0) is 51.0 Å². The number of halogens is 1. The third kappa shape index (κ3) is 3.81. The summed E-state index contributed by atoms with van der Waals surface area (Å²) in [5.41, 5.74) is 0.173. The van der Waals surface area contributed by atoms with E-state index >= 15 is 0 Å². The van der Waals surface area contributed by atoms with Crippen LogP contribution in [-0.4, -0.2) is 32.9 Å². The van der Waals surface area contributed by atoms with Crippen molar-refractivity contribution in [3.63, 3.8) is 0 Å². The van der Waals surface area contributed by atoms with Crippen molar-refractivity contribution in [2.45, 2.75) is 43.7 Å². The summed E-state index contributed by atoms with van der Waals surface area (Å²) in [6, 6.07) is 3.71. The highest BCUT2D eigenvalue weighted by atomic mass is 32.2. The Balaban J connectivity index is 2.22. The molecule has 0 aromatic heterocycles. The Labute approximate surface area is 125 Å². The summed E-state index contributed by atoms with van der Waals surface area (Å²) in [5, 5.41) is 3.31. The van der Waals surface area contributed by atoms with Crippen molar-refractivity contribution in [3.8, 4) is 0 Å². The van der Waals surface area contributed by atoms with E-state index in [2.05, 4.69) is 5.32 Å². The molecule has 0 bridgehead atoms. The molecule has 0 saturated carbocycles. The maximum Gasteiger partial charge on any atom is 0.178 e. The topological polar surface area (TPSA) is 55.4 Å². The first kappa shape index (κ1) is 16.4. The molecule has 1 unspecified atom stereocenters. The van der Waals surface area contributed by atoms with Crippen molar-refractivity contribution >= 4 is 9.84 Å². The predicted octanol–water partition coefficient (Wildman–Crippen LogP) is 2.45. The van der Waals surface area contributed by atoms with Crippen molar-refractivity contribution in [3.05, 3.63) is 29.6 Å². The zero-order valence-electron chi connectivity index (χ0n) is 12.6. The van der Waals surface area contributed by atoms with Gasteiger partial charge in [-0.2, -0.15) is 0 Å². The van der Waals surface area contributed by atoms with Gasteiger partial charge in [0.25, 0.3) is 0 Å². The highest BCUT2D eigenvalue weighted by Gasteiger charge is 2.31. The molecule has 1 aliphatic heterocycles. The average Bonchev–Trinajstić information content (AvgIpc) is 2.37. The van der Waals surface area contributed by atoms with Crippen LogP contribution in [0.15, 0.2) is 23.1 Å². The molecule has 1 aliphatic rings. The van der Waals surface area contributed by atoms with Gasteiger partial charge in [0.15, 0.2) is 9.84 Å². The fourth-order valence-corrected chi connectivity index (χ4v) is 4.24. The zero-order valence-corrected chi connectivity index (χ0v) is 13.5. The minimum absolute atomic E-state index is 0.0817. The molecule has 0 radical (unpaired) electrons. The normalized spacial score (nSPS) is 21.0. The van der Waals surface area contributed by atoms with Crippen molar-refractivity contribution in [2.75, 3.05) is 18.9 Å². The number of sulfone groups is 1. The van der Waals surface area contributed by atoms with Crippen LogP contribution in [0.2, 0.25) is 0 Å². The standard InChI is InChI=1S/C15H22FNO3S/c1-4-20-15(2,3)10-17-13-7-8-21(18,19)14-6-5-11(16)9-12(13)14/h5-6,9,13,17H,4,7-8,10H2,1-3H3. The smallest absolute Gasteiger partial charge is 0.178 e. The van der Waals surface area contributed by atoms with Gasteiger partial charge >= 0.3 is 0 Å². The van der Waals surface area contributed by atoms with Crippen molar-refractivity contribution < 1.29 is 17.5 Å². The minimum Gasteiger partial charge on any atom is -0.375 e. The van der Waals surface area contributed by atoms with Crippen LogP contribution in [0.25, 0.3) is 0 Å². The van der Waals surface area contributed by atoms with Gasteiger partial charge in [0.05, 0.1) is 16.2 Å². The van der Waals surface area contributed by atoms with Crippen LogP contribution in [0.4, 0.5) is 4.39 Å². The first-order valence-corrected chi connectivity index (χ1v) is 8.80. The van der Waals surface area contributed by atoms with Crippen molar-refractivity contribution in [2.24, 2.45) is 0 Å². The van der Waals surface area contributed by atoms with E-state index in [0.717, 1.165) is 0 Å². The molecule has 4 nitrogen and oxygen atoms in total. The number of hydrogen-bond acceptors (Lipinski definition) is 4. The Morgan fingerprint density at radius 1 is 1.43 bits per heavy atom. The van der Waals surface area contributed by atoms with E-state index in [9.17, 15) is 12.8 Å². The maximum atomic E-state index is 13.5. The van der Waals surface area contributed by atoms with Crippen LogP contribution in [0.5, 0.6) is 0 Å². The molecule has 6 heteroatoms. The lowest BCUT2D eigenvalue weighted by atomic mass is 10.0. The van der Waals surface area contributed by atoms with Crippen LogP contribution in [0.1, 0.15) is 38.8 Å². The molecule has 1 aromatic rings. The first-order valence-electron chi connectivity index (χ1n) is 7.15. The number of benzene rings is 1. The highest BCUT2D eigenvalue weighted by Crippen LogP contribution is 2.32. The van der Waals surface area contributed by atoms with E-state index in [0.29, 0.717) is 25.1 Å². The van der Waals surface area contributed by atoms with Crippen LogP contribution < -0.4 is 5.32 Å². The Kier molecular flexibility index (Phi) is 4.70. The number of hydrogen-bond donors (Lipinski definition) is 1. The molecule has 0 saturated heterocycles. The lowest BCUT2D eigenvalue weighted by Crippen LogP contribution is -2.41. The molecule has 118 valence electrons. The van der Waals surface area contributed by atoms with E-state index < -0.39 is 15.7 Å². The third-order valence-corrected chi connectivity index (χ3v) is 5.48. The van der Waals surface area contributed by atoms with Crippen LogP contribution >= 0.6 is 0 Å². The zero-order chi connectivity index (χ0) is 15.7. The highest BCUT2D eigenvalue weighted by molar-refractivity contribution is 7.91. The predicted molar refractivity (Wildman–Crippen MR) is 79.5 cm³/mol. The fraction of sp³-hybridized carbons (Fsp3) is 0.600. The molecule has 1 aromatic carbocycles. The van der Waals surface area contributed by atoms with E-state index in [1.54, 1.807) is 0 Å². The molecule has 2 rings (SSSR count). The van der Waals surface area contributed by atoms with Crippen molar-refractivity contribution in [1.82, 2.24) is 5.32 Å². The summed E-state index contributed by atoms with van der Waals surface area (Å²) in [4.78, 5) is 0.238. The average molecular weight is 315 g/mol. The Morgan fingerprint density at radius 2 is 2.14 bits per heavy atom. The van der Waals surface area contributed by atoms with Gasteiger partial charge in [-0.15, -0.1) is 0 Å². The van der Waals surface area contributed by atoms with Crippen molar-refractivity contribution in [1.29, 1.82) is 0 Å². The second kappa shape index (κ2) is 6.02. The van der Waals surface area contributed by atoms with Crippen LogP contribution in [0, 0.1) is 5.82 Å². The lowest BCUT2D eigenvalue weighted by molar-refractivity contribution is -0.0108. The number of rotatable bonds is 5. The fourth-order valence-electron chi connectivity index (χ4n) is 2.64. The second-order valence-electron chi connectivity index (χ2n) is 5.92. The van der Waals surface area contributed by atoms with E-state index in [-0.39, 0.29) is 22.3 Å². The monoisotopic (exact) mass is 315 g/mol. The van der Waals surface area contributed by atoms with Gasteiger partial charge in [-0.25, -0.2) is 12.8 Å². The van der Waals surface area contributed by atoms with Crippen LogP contribution in [-0.2, 0) is 14.6 Å². The quantitative estimate of drug-likeness (QED) is 0.848. The summed E-state index contributed by atoms with van der Waals surface area (Å²) in [6.07, 6.45) is 0.445. The van der Waals surface area contributed by atoms with E-state index in [1.165, 1.54) is 18.2 Å². The summed E-state index contributed by atoms with van der Waals surface area (Å²) >= 11 is 0. The van der Waals surface area contributed by atoms with Gasteiger partial charge in [0.2, 0.25) is 0 Å². The molecule has 0 fully saturated rings. The number of ether oxygens (including phenoxy) is 1. The van der Waals surface area contributed by atoms with E-state index in [4.69, 9.17) is 4.74 Å². The number of fused-ring (bicyclic) bond motifs is 1. The van der Waals surface area contributed by atoms with Gasteiger partial charge in [-0.1, -0.05) is 0 Å². The van der Waals surface area contributed by atoms with Gasteiger partial charge < -0.3 is 10.1 Å². The Hall–Kier alpha value is -0.980. The molecular formula is C15H22FNO3S.